The van der Waals surface area contributed by atoms with E-state index in [0.717, 1.165) is 17.3 Å². The fourth-order valence-electron chi connectivity index (χ4n) is 3.07. The molecule has 0 bridgehead atoms. The molecular weight excluding hydrogens is 360 g/mol. The summed E-state index contributed by atoms with van der Waals surface area (Å²) >= 11 is 3.31. The normalized spacial score (nSPS) is 17.0. The first-order chi connectivity index (χ1) is 10.9. The maximum atomic E-state index is 12.4. The van der Waals surface area contributed by atoms with E-state index in [9.17, 15) is 14.4 Å². The van der Waals surface area contributed by atoms with Gasteiger partial charge in [-0.2, -0.15) is 0 Å². The Balaban J connectivity index is 1.68. The van der Waals surface area contributed by atoms with Crippen LogP contribution >= 0.6 is 15.9 Å². The Hall–Kier alpha value is -1.69. The molecule has 1 aromatic rings. The quantitative estimate of drug-likeness (QED) is 0.740. The summed E-state index contributed by atoms with van der Waals surface area (Å²) in [4.78, 5) is 40.2. The van der Waals surface area contributed by atoms with Crippen LogP contribution in [0.15, 0.2) is 22.7 Å². The van der Waals surface area contributed by atoms with Gasteiger partial charge in [0.05, 0.1) is 11.1 Å². The van der Waals surface area contributed by atoms with Crippen molar-refractivity contribution in [2.45, 2.75) is 45.2 Å². The molecule has 0 radical (unpaired) electrons. The molecule has 0 spiro atoms. The summed E-state index contributed by atoms with van der Waals surface area (Å²) < 4.78 is 0.759. The molecule has 1 aliphatic carbocycles. The number of carbonyl (C=O) groups excluding carboxylic acids is 3. The molecule has 1 heterocycles. The van der Waals surface area contributed by atoms with Crippen LogP contribution in [0, 0.1) is 0 Å². The zero-order valence-electron chi connectivity index (χ0n) is 13.2. The van der Waals surface area contributed by atoms with E-state index in [4.69, 9.17) is 0 Å². The molecule has 0 aromatic heterocycles. The van der Waals surface area contributed by atoms with Gasteiger partial charge in [0.15, 0.2) is 0 Å². The van der Waals surface area contributed by atoms with E-state index in [1.165, 1.54) is 4.90 Å². The molecule has 2 aliphatic rings. The van der Waals surface area contributed by atoms with Crippen LogP contribution in [0.3, 0.4) is 0 Å². The number of amides is 3. The van der Waals surface area contributed by atoms with Crippen molar-refractivity contribution < 1.29 is 14.4 Å². The third-order valence-electron chi connectivity index (χ3n) is 4.27. The Bertz CT molecular complexity index is 680. The van der Waals surface area contributed by atoms with Gasteiger partial charge < -0.3 is 4.90 Å². The Labute approximate surface area is 143 Å². The number of carbonyl (C=O) groups is 3. The number of rotatable bonds is 5. The molecule has 122 valence electrons. The third kappa shape index (κ3) is 3.04. The summed E-state index contributed by atoms with van der Waals surface area (Å²) in [5.41, 5.74) is 0.813. The average Bonchev–Trinajstić information content (AvgIpc) is 3.27. The van der Waals surface area contributed by atoms with Gasteiger partial charge in [0.1, 0.15) is 0 Å². The topological polar surface area (TPSA) is 57.7 Å². The zero-order chi connectivity index (χ0) is 16.7. The van der Waals surface area contributed by atoms with Gasteiger partial charge in [-0.25, -0.2) is 0 Å². The average molecular weight is 379 g/mol. The monoisotopic (exact) mass is 378 g/mol. The predicted molar refractivity (Wildman–Crippen MR) is 89.1 cm³/mol. The van der Waals surface area contributed by atoms with Crippen LogP contribution in [0.25, 0.3) is 0 Å². The molecule has 3 amide bonds. The van der Waals surface area contributed by atoms with Crippen LogP contribution in [0.5, 0.6) is 0 Å². The standard InChI is InChI=1S/C17H19BrN2O3/c1-10(2)20(12-4-5-12)15(21)7-8-19-16(22)13-6-3-11(18)9-14(13)17(19)23/h3,6,9-10,12H,4-5,7-8H2,1-2H3. The van der Waals surface area contributed by atoms with Crippen LogP contribution in [0.4, 0.5) is 0 Å². The number of hydrogen-bond donors (Lipinski definition) is 0. The van der Waals surface area contributed by atoms with Gasteiger partial charge in [0.2, 0.25) is 5.91 Å². The molecule has 23 heavy (non-hydrogen) atoms. The molecule has 1 aromatic carbocycles. The Morgan fingerprint density at radius 2 is 1.91 bits per heavy atom. The number of hydrogen-bond acceptors (Lipinski definition) is 3. The maximum Gasteiger partial charge on any atom is 0.261 e. The van der Waals surface area contributed by atoms with E-state index in [2.05, 4.69) is 15.9 Å². The number of halogens is 1. The second-order valence-electron chi connectivity index (χ2n) is 6.33. The number of imide groups is 1. The highest BCUT2D eigenvalue weighted by molar-refractivity contribution is 9.10. The van der Waals surface area contributed by atoms with Crippen LogP contribution in [-0.4, -0.2) is 46.1 Å². The van der Waals surface area contributed by atoms with E-state index in [1.54, 1.807) is 18.2 Å². The maximum absolute atomic E-state index is 12.4. The van der Waals surface area contributed by atoms with Gasteiger partial charge in [-0.15, -0.1) is 0 Å². The molecule has 1 aliphatic heterocycles. The number of nitrogens with zero attached hydrogens (tertiary/aromatic N) is 2. The molecule has 0 unspecified atom stereocenters. The minimum Gasteiger partial charge on any atom is -0.337 e. The van der Waals surface area contributed by atoms with Crippen LogP contribution in [0.1, 0.15) is 53.8 Å². The van der Waals surface area contributed by atoms with E-state index in [1.807, 2.05) is 18.7 Å². The van der Waals surface area contributed by atoms with Crippen molar-refractivity contribution in [1.82, 2.24) is 9.80 Å². The lowest BCUT2D eigenvalue weighted by atomic mass is 10.1. The molecule has 0 atom stereocenters. The van der Waals surface area contributed by atoms with Crippen molar-refractivity contribution in [2.24, 2.45) is 0 Å². The van der Waals surface area contributed by atoms with Crippen molar-refractivity contribution >= 4 is 33.7 Å². The summed E-state index contributed by atoms with van der Waals surface area (Å²) in [7, 11) is 0. The van der Waals surface area contributed by atoms with Gasteiger partial charge >= 0.3 is 0 Å². The lowest BCUT2D eigenvalue weighted by molar-refractivity contribution is -0.133. The Morgan fingerprint density at radius 1 is 1.26 bits per heavy atom. The molecule has 5 nitrogen and oxygen atoms in total. The van der Waals surface area contributed by atoms with Crippen molar-refractivity contribution in [2.75, 3.05) is 6.54 Å². The fourth-order valence-corrected chi connectivity index (χ4v) is 3.43. The Morgan fingerprint density at radius 3 is 2.52 bits per heavy atom. The second-order valence-corrected chi connectivity index (χ2v) is 7.24. The summed E-state index contributed by atoms with van der Waals surface area (Å²) in [6.45, 7) is 4.13. The highest BCUT2D eigenvalue weighted by Crippen LogP contribution is 2.30. The van der Waals surface area contributed by atoms with E-state index < -0.39 is 0 Å². The zero-order valence-corrected chi connectivity index (χ0v) is 14.8. The molecule has 1 fully saturated rings. The molecule has 1 saturated carbocycles. The summed E-state index contributed by atoms with van der Waals surface area (Å²) in [5, 5.41) is 0. The number of fused-ring (bicyclic) bond motifs is 1. The van der Waals surface area contributed by atoms with Crippen LogP contribution in [0.2, 0.25) is 0 Å². The molecular formula is C17H19BrN2O3. The lowest BCUT2D eigenvalue weighted by Gasteiger charge is -2.27. The predicted octanol–water partition coefficient (Wildman–Crippen LogP) is 2.83. The molecule has 6 heteroatoms. The van der Waals surface area contributed by atoms with E-state index >= 15 is 0 Å². The van der Waals surface area contributed by atoms with Crippen LogP contribution in [-0.2, 0) is 4.79 Å². The van der Waals surface area contributed by atoms with Gasteiger partial charge in [0.25, 0.3) is 11.8 Å². The van der Waals surface area contributed by atoms with Crippen LogP contribution < -0.4 is 0 Å². The first kappa shape index (κ1) is 16.2. The smallest absolute Gasteiger partial charge is 0.261 e. The highest BCUT2D eigenvalue weighted by atomic mass is 79.9. The second kappa shape index (κ2) is 6.07. The van der Waals surface area contributed by atoms with E-state index in [0.29, 0.717) is 17.2 Å². The van der Waals surface area contributed by atoms with Crippen molar-refractivity contribution in [3.63, 3.8) is 0 Å². The van der Waals surface area contributed by atoms with Crippen molar-refractivity contribution in [1.29, 1.82) is 0 Å². The fraction of sp³-hybridized carbons (Fsp3) is 0.471. The summed E-state index contributed by atoms with van der Waals surface area (Å²) in [6, 6.07) is 5.52. The first-order valence-corrected chi connectivity index (χ1v) is 8.66. The van der Waals surface area contributed by atoms with Crippen molar-refractivity contribution in [3.8, 4) is 0 Å². The first-order valence-electron chi connectivity index (χ1n) is 7.87. The number of benzene rings is 1. The van der Waals surface area contributed by atoms with Crippen molar-refractivity contribution in [3.05, 3.63) is 33.8 Å². The van der Waals surface area contributed by atoms with E-state index in [-0.39, 0.29) is 36.7 Å². The highest BCUT2D eigenvalue weighted by Gasteiger charge is 2.37. The van der Waals surface area contributed by atoms with Gasteiger partial charge in [-0.05, 0) is 44.9 Å². The minimum atomic E-state index is -0.318. The summed E-state index contributed by atoms with van der Waals surface area (Å²) in [6.07, 6.45) is 2.28. The lowest BCUT2D eigenvalue weighted by Crippen LogP contribution is -2.41. The minimum absolute atomic E-state index is 0.0141. The van der Waals surface area contributed by atoms with Gasteiger partial charge in [-0.3, -0.25) is 19.3 Å². The molecule has 0 N–H and O–H groups in total. The third-order valence-corrected chi connectivity index (χ3v) is 4.76. The molecule has 0 saturated heterocycles. The van der Waals surface area contributed by atoms with Gasteiger partial charge in [0, 0.05) is 29.5 Å². The Kier molecular flexibility index (Phi) is 4.27. The largest absolute Gasteiger partial charge is 0.337 e. The summed E-state index contributed by atoms with van der Waals surface area (Å²) in [5.74, 6) is -0.616. The SMILES string of the molecule is CC(C)N(C(=O)CCN1C(=O)c2ccc(Br)cc2C1=O)C1CC1. The van der Waals surface area contributed by atoms with Gasteiger partial charge in [-0.1, -0.05) is 15.9 Å². The molecule has 3 rings (SSSR count).